The van der Waals surface area contributed by atoms with E-state index in [9.17, 15) is 0 Å². The van der Waals surface area contributed by atoms with Crippen molar-refractivity contribution < 1.29 is 4.74 Å². The van der Waals surface area contributed by atoms with Crippen molar-refractivity contribution >= 4 is 28.6 Å². The van der Waals surface area contributed by atoms with Gasteiger partial charge in [-0.2, -0.15) is 9.97 Å². The van der Waals surface area contributed by atoms with E-state index >= 15 is 0 Å². The van der Waals surface area contributed by atoms with E-state index in [2.05, 4.69) is 26.4 Å². The van der Waals surface area contributed by atoms with E-state index in [1.54, 1.807) is 6.33 Å². The molecule has 1 saturated heterocycles. The number of anilines is 3. The van der Waals surface area contributed by atoms with Crippen LogP contribution in [0.1, 0.15) is 37.8 Å². The lowest BCUT2D eigenvalue weighted by Crippen LogP contribution is -2.26. The number of hydrogen-bond donors (Lipinski definition) is 2. The van der Waals surface area contributed by atoms with Crippen molar-refractivity contribution in [2.45, 2.75) is 38.8 Å². The highest BCUT2D eigenvalue weighted by Crippen LogP contribution is 2.27. The molecule has 3 heterocycles. The van der Waals surface area contributed by atoms with Crippen LogP contribution in [0.15, 0.2) is 30.6 Å². The highest BCUT2D eigenvalue weighted by molar-refractivity contribution is 5.83. The topological polar surface area (TPSA) is 108 Å². The summed E-state index contributed by atoms with van der Waals surface area (Å²) in [5.74, 6) is 1.05. The molecule has 8 heteroatoms. The maximum Gasteiger partial charge on any atom is 0.229 e. The average Bonchev–Trinajstić information content (AvgIpc) is 3.36. The van der Waals surface area contributed by atoms with Gasteiger partial charge >= 0.3 is 0 Å². The van der Waals surface area contributed by atoms with E-state index in [-0.39, 0.29) is 6.04 Å². The molecule has 0 aliphatic carbocycles. The molecule has 0 bridgehead atoms. The molecule has 0 amide bonds. The fourth-order valence-corrected chi connectivity index (χ4v) is 3.52. The second kappa shape index (κ2) is 8.02. The van der Waals surface area contributed by atoms with Crippen molar-refractivity contribution in [3.63, 3.8) is 0 Å². The minimum Gasteiger partial charge on any atom is -0.399 e. The molecule has 4 N–H and O–H groups in total. The monoisotopic (exact) mass is 381 g/mol. The number of aromatic nitrogens is 4. The second-order valence-electron chi connectivity index (χ2n) is 7.27. The van der Waals surface area contributed by atoms with Crippen LogP contribution in [0.4, 0.5) is 17.5 Å². The molecule has 8 nitrogen and oxygen atoms in total. The van der Waals surface area contributed by atoms with Crippen molar-refractivity contribution in [3.8, 4) is 0 Å². The fourth-order valence-electron chi connectivity index (χ4n) is 3.52. The van der Waals surface area contributed by atoms with Gasteiger partial charge in [0.1, 0.15) is 5.52 Å². The summed E-state index contributed by atoms with van der Waals surface area (Å²) < 4.78 is 7.61. The Hall–Kier alpha value is -2.87. The number of nitrogen functional groups attached to an aromatic ring is 2. The quantitative estimate of drug-likeness (QED) is 0.606. The molecule has 148 valence electrons. The van der Waals surface area contributed by atoms with Gasteiger partial charge in [-0.3, -0.25) is 0 Å². The van der Waals surface area contributed by atoms with Gasteiger partial charge in [-0.25, -0.2) is 4.98 Å². The third-order valence-electron chi connectivity index (χ3n) is 5.15. The van der Waals surface area contributed by atoms with Gasteiger partial charge in [-0.1, -0.05) is 25.5 Å². The lowest BCUT2D eigenvalue weighted by Gasteiger charge is -2.23. The molecule has 2 aromatic heterocycles. The fraction of sp³-hybridized carbons (Fsp3) is 0.450. The van der Waals surface area contributed by atoms with Crippen LogP contribution in [0.25, 0.3) is 11.2 Å². The van der Waals surface area contributed by atoms with Gasteiger partial charge in [0, 0.05) is 25.4 Å². The summed E-state index contributed by atoms with van der Waals surface area (Å²) >= 11 is 0. The standard InChI is InChI=1S/C20H27N7O/c1-2-3-9-26(11-14-4-6-15(21)7-5-14)20-24-18(22)17-19(25-20)27(13-23-17)16-8-10-28-12-16/h4-7,13,16H,2-3,8-12,21H2,1H3,(H2,22,24,25). The third kappa shape index (κ3) is 3.73. The van der Waals surface area contributed by atoms with Crippen LogP contribution < -0.4 is 16.4 Å². The molecule has 3 aromatic rings. The predicted octanol–water partition coefficient (Wildman–Crippen LogP) is 2.76. The smallest absolute Gasteiger partial charge is 0.229 e. The highest BCUT2D eigenvalue weighted by Gasteiger charge is 2.23. The summed E-state index contributed by atoms with van der Waals surface area (Å²) in [5, 5.41) is 0. The van der Waals surface area contributed by atoms with E-state index in [4.69, 9.17) is 21.2 Å². The van der Waals surface area contributed by atoms with Gasteiger partial charge in [-0.15, -0.1) is 0 Å². The first-order chi connectivity index (χ1) is 13.7. The summed E-state index contributed by atoms with van der Waals surface area (Å²) in [4.78, 5) is 16.0. The maximum absolute atomic E-state index is 6.25. The van der Waals surface area contributed by atoms with E-state index in [0.29, 0.717) is 30.4 Å². The Labute approximate surface area is 164 Å². The number of imidazole rings is 1. The maximum atomic E-state index is 6.25. The van der Waals surface area contributed by atoms with E-state index < -0.39 is 0 Å². The number of hydrogen-bond acceptors (Lipinski definition) is 7. The zero-order chi connectivity index (χ0) is 19.5. The number of rotatable bonds is 7. The Morgan fingerprint density at radius 1 is 1.21 bits per heavy atom. The van der Waals surface area contributed by atoms with Crippen LogP contribution in [0.2, 0.25) is 0 Å². The minimum atomic E-state index is 0.244. The van der Waals surface area contributed by atoms with Gasteiger partial charge in [0.15, 0.2) is 11.5 Å². The molecular weight excluding hydrogens is 354 g/mol. The molecule has 1 aliphatic rings. The second-order valence-corrected chi connectivity index (χ2v) is 7.27. The van der Waals surface area contributed by atoms with Crippen molar-refractivity contribution in [3.05, 3.63) is 36.2 Å². The SMILES string of the molecule is CCCCN(Cc1ccc(N)cc1)c1nc(N)c2ncn(C3CCOC3)c2n1. The van der Waals surface area contributed by atoms with Gasteiger partial charge in [0.2, 0.25) is 5.95 Å². The Kier molecular flexibility index (Phi) is 5.29. The first-order valence-electron chi connectivity index (χ1n) is 9.83. The number of unbranched alkanes of at least 4 members (excludes halogenated alkanes) is 1. The normalized spacial score (nSPS) is 16.7. The lowest BCUT2D eigenvalue weighted by atomic mass is 10.2. The van der Waals surface area contributed by atoms with E-state index in [0.717, 1.165) is 49.3 Å². The Bertz CT molecular complexity index is 932. The van der Waals surface area contributed by atoms with Crippen LogP contribution in [-0.2, 0) is 11.3 Å². The predicted molar refractivity (Wildman–Crippen MR) is 111 cm³/mol. The van der Waals surface area contributed by atoms with Crippen LogP contribution in [0.5, 0.6) is 0 Å². The molecule has 4 rings (SSSR count). The number of ether oxygens (including phenoxy) is 1. The highest BCUT2D eigenvalue weighted by atomic mass is 16.5. The summed E-state index contributed by atoms with van der Waals surface area (Å²) in [6, 6.07) is 8.15. The minimum absolute atomic E-state index is 0.244. The van der Waals surface area contributed by atoms with Crippen molar-refractivity contribution in [1.29, 1.82) is 0 Å². The molecule has 1 aliphatic heterocycles. The molecule has 1 atom stereocenters. The molecule has 0 saturated carbocycles. The first kappa shape index (κ1) is 18.5. The summed E-state index contributed by atoms with van der Waals surface area (Å²) in [6.45, 7) is 5.17. The van der Waals surface area contributed by atoms with E-state index in [1.165, 1.54) is 0 Å². The number of fused-ring (bicyclic) bond motifs is 1. The van der Waals surface area contributed by atoms with Gasteiger partial charge < -0.3 is 25.7 Å². The number of benzene rings is 1. The molecule has 1 aromatic carbocycles. The molecule has 0 radical (unpaired) electrons. The van der Waals surface area contributed by atoms with Crippen molar-refractivity contribution in [1.82, 2.24) is 19.5 Å². The third-order valence-corrected chi connectivity index (χ3v) is 5.15. The van der Waals surface area contributed by atoms with Gasteiger partial charge in [0.05, 0.1) is 19.0 Å². The number of nitrogens with zero attached hydrogens (tertiary/aromatic N) is 5. The van der Waals surface area contributed by atoms with Crippen molar-refractivity contribution in [2.24, 2.45) is 0 Å². The first-order valence-corrected chi connectivity index (χ1v) is 9.83. The van der Waals surface area contributed by atoms with Gasteiger partial charge in [0.25, 0.3) is 0 Å². The average molecular weight is 381 g/mol. The largest absolute Gasteiger partial charge is 0.399 e. The van der Waals surface area contributed by atoms with Crippen LogP contribution in [0, 0.1) is 0 Å². The molecular formula is C20H27N7O. The molecule has 0 spiro atoms. The molecule has 28 heavy (non-hydrogen) atoms. The zero-order valence-corrected chi connectivity index (χ0v) is 16.2. The summed E-state index contributed by atoms with van der Waals surface area (Å²) in [5.41, 5.74) is 15.4. The van der Waals surface area contributed by atoms with Crippen LogP contribution >= 0.6 is 0 Å². The van der Waals surface area contributed by atoms with Crippen LogP contribution in [-0.4, -0.2) is 39.3 Å². The molecule has 1 fully saturated rings. The Morgan fingerprint density at radius 2 is 2.04 bits per heavy atom. The number of nitrogens with two attached hydrogens (primary N) is 2. The summed E-state index contributed by atoms with van der Waals surface area (Å²) in [7, 11) is 0. The summed E-state index contributed by atoms with van der Waals surface area (Å²) in [6.07, 6.45) is 4.89. The Balaban J connectivity index is 1.69. The van der Waals surface area contributed by atoms with Crippen molar-refractivity contribution in [2.75, 3.05) is 36.1 Å². The van der Waals surface area contributed by atoms with Gasteiger partial charge in [-0.05, 0) is 30.5 Å². The van der Waals surface area contributed by atoms with E-state index in [1.807, 2.05) is 24.3 Å². The van der Waals surface area contributed by atoms with Crippen LogP contribution in [0.3, 0.4) is 0 Å². The lowest BCUT2D eigenvalue weighted by molar-refractivity contribution is 0.187. The molecule has 1 unspecified atom stereocenters. The zero-order valence-electron chi connectivity index (χ0n) is 16.2. The Morgan fingerprint density at radius 3 is 2.75 bits per heavy atom.